The fourth-order valence-corrected chi connectivity index (χ4v) is 2.55. The largest absolute Gasteiger partial charge is 0.508 e. The Kier molecular flexibility index (Phi) is 3.69. The van der Waals surface area contributed by atoms with Crippen LogP contribution in [0.4, 0.5) is 0 Å². The number of carbonyl (C=O) groups is 1. The molecule has 0 radical (unpaired) electrons. The second-order valence-electron chi connectivity index (χ2n) is 5.06. The maximum atomic E-state index is 12.0. The molecule has 4 heteroatoms. The predicted molar refractivity (Wildman–Crippen MR) is 81.5 cm³/mol. The van der Waals surface area contributed by atoms with E-state index in [1.54, 1.807) is 12.1 Å². The van der Waals surface area contributed by atoms with Gasteiger partial charge in [-0.1, -0.05) is 30.3 Å². The number of amides is 1. The van der Waals surface area contributed by atoms with Crippen molar-refractivity contribution in [2.24, 2.45) is 5.10 Å². The minimum absolute atomic E-state index is 0.0679. The van der Waals surface area contributed by atoms with Crippen LogP contribution in [0.3, 0.4) is 0 Å². The molecule has 1 aliphatic rings. The first-order valence-electron chi connectivity index (χ1n) is 6.98. The van der Waals surface area contributed by atoms with Crippen molar-refractivity contribution < 1.29 is 9.90 Å². The Morgan fingerprint density at radius 2 is 1.95 bits per heavy atom. The number of nitrogens with one attached hydrogen (secondary N) is 1. The second-order valence-corrected chi connectivity index (χ2v) is 5.06. The number of benzene rings is 2. The van der Waals surface area contributed by atoms with Crippen molar-refractivity contribution in [3.8, 4) is 5.75 Å². The average Bonchev–Trinajstić information content (AvgIpc) is 2.52. The fourth-order valence-electron chi connectivity index (χ4n) is 2.55. The summed E-state index contributed by atoms with van der Waals surface area (Å²) in [6.45, 7) is 0. The number of hydrogen-bond acceptors (Lipinski definition) is 3. The van der Waals surface area contributed by atoms with Gasteiger partial charge in [0.05, 0.1) is 5.71 Å². The van der Waals surface area contributed by atoms with Crippen LogP contribution in [0.2, 0.25) is 0 Å². The number of aromatic hydroxyl groups is 1. The molecule has 0 saturated heterocycles. The first-order valence-corrected chi connectivity index (χ1v) is 6.98. The molecule has 2 N–H and O–H groups in total. The molecule has 106 valence electrons. The van der Waals surface area contributed by atoms with Crippen molar-refractivity contribution in [2.45, 2.75) is 19.3 Å². The molecule has 0 spiro atoms. The summed E-state index contributed by atoms with van der Waals surface area (Å²) in [6.07, 6.45) is 2.95. The maximum Gasteiger partial charge on any atom is 0.271 e. The van der Waals surface area contributed by atoms with Crippen LogP contribution in [0.1, 0.15) is 34.3 Å². The highest BCUT2D eigenvalue weighted by molar-refractivity contribution is 6.04. The lowest BCUT2D eigenvalue weighted by Gasteiger charge is -2.17. The van der Waals surface area contributed by atoms with Crippen LogP contribution in [0.5, 0.6) is 5.75 Å². The van der Waals surface area contributed by atoms with Crippen LogP contribution in [0.25, 0.3) is 0 Å². The zero-order chi connectivity index (χ0) is 14.7. The van der Waals surface area contributed by atoms with Crippen LogP contribution in [0.15, 0.2) is 53.6 Å². The van der Waals surface area contributed by atoms with Crippen molar-refractivity contribution in [1.82, 2.24) is 5.43 Å². The molecule has 0 bridgehead atoms. The zero-order valence-electron chi connectivity index (χ0n) is 11.5. The molecule has 0 saturated carbocycles. The quantitative estimate of drug-likeness (QED) is 0.831. The second kappa shape index (κ2) is 5.79. The van der Waals surface area contributed by atoms with E-state index in [9.17, 15) is 9.90 Å². The molecule has 4 nitrogen and oxygen atoms in total. The molecule has 3 rings (SSSR count). The maximum absolute atomic E-state index is 12.0. The third-order valence-electron chi connectivity index (χ3n) is 3.59. The van der Waals surface area contributed by atoms with Crippen LogP contribution < -0.4 is 5.43 Å². The van der Waals surface area contributed by atoms with E-state index in [-0.39, 0.29) is 11.7 Å². The Hall–Kier alpha value is -2.62. The van der Waals surface area contributed by atoms with Crippen molar-refractivity contribution in [2.75, 3.05) is 0 Å². The highest BCUT2D eigenvalue weighted by Gasteiger charge is 2.15. The average molecular weight is 280 g/mol. The Morgan fingerprint density at radius 3 is 2.81 bits per heavy atom. The van der Waals surface area contributed by atoms with E-state index < -0.39 is 0 Å². The molecule has 2 aromatic rings. The van der Waals surface area contributed by atoms with Crippen LogP contribution in [0, 0.1) is 0 Å². The number of nitrogens with zero attached hydrogens (tertiary/aromatic N) is 1. The molecule has 0 aromatic heterocycles. The summed E-state index contributed by atoms with van der Waals surface area (Å²) in [5.41, 5.74) is 6.26. The Labute approximate surface area is 123 Å². The minimum atomic E-state index is -0.318. The molecule has 0 heterocycles. The Morgan fingerprint density at radius 1 is 1.10 bits per heavy atom. The van der Waals surface area contributed by atoms with E-state index in [0.717, 1.165) is 30.5 Å². The molecule has 1 amide bonds. The number of carbonyl (C=O) groups excluding carboxylic acids is 1. The van der Waals surface area contributed by atoms with Gasteiger partial charge in [0.1, 0.15) is 5.75 Å². The highest BCUT2D eigenvalue weighted by Crippen LogP contribution is 2.21. The van der Waals surface area contributed by atoms with Gasteiger partial charge < -0.3 is 5.11 Å². The van der Waals surface area contributed by atoms with Gasteiger partial charge in [-0.15, -0.1) is 0 Å². The van der Waals surface area contributed by atoms with E-state index >= 15 is 0 Å². The summed E-state index contributed by atoms with van der Waals surface area (Å²) in [4.78, 5) is 12.0. The predicted octanol–water partition coefficient (Wildman–Crippen LogP) is 2.86. The molecular weight excluding hydrogens is 264 g/mol. The smallest absolute Gasteiger partial charge is 0.271 e. The first kappa shape index (κ1) is 13.4. The molecular formula is C17H16N2O2. The molecule has 0 atom stereocenters. The summed E-state index contributed by atoms with van der Waals surface area (Å²) in [7, 11) is 0. The lowest BCUT2D eigenvalue weighted by molar-refractivity contribution is 0.0954. The molecule has 0 aliphatic heterocycles. The monoisotopic (exact) mass is 280 g/mol. The van der Waals surface area contributed by atoms with Crippen molar-refractivity contribution >= 4 is 11.6 Å². The van der Waals surface area contributed by atoms with Crippen molar-refractivity contribution in [3.05, 3.63) is 65.2 Å². The van der Waals surface area contributed by atoms with E-state index in [1.165, 1.54) is 17.7 Å². The summed E-state index contributed by atoms with van der Waals surface area (Å²) in [6, 6.07) is 14.4. The third kappa shape index (κ3) is 2.94. The van der Waals surface area contributed by atoms with Gasteiger partial charge in [-0.25, -0.2) is 5.43 Å². The number of aryl methyl sites for hydroxylation is 1. The number of hydrogen-bond donors (Lipinski definition) is 2. The van der Waals surface area contributed by atoms with Gasteiger partial charge in [-0.3, -0.25) is 4.79 Å². The Bertz CT molecular complexity index is 707. The molecule has 1 aliphatic carbocycles. The van der Waals surface area contributed by atoms with E-state index in [1.807, 2.05) is 18.2 Å². The SMILES string of the molecule is O=C(N/N=C1/CCCc2ccccc21)c1cccc(O)c1. The number of phenolic OH excluding ortho intramolecular Hbond substituents is 1. The number of hydrazone groups is 1. The van der Waals surface area contributed by atoms with E-state index in [2.05, 4.69) is 16.6 Å². The van der Waals surface area contributed by atoms with Crippen LogP contribution in [-0.2, 0) is 6.42 Å². The standard InChI is InChI=1S/C17H16N2O2/c20-14-8-3-7-13(11-14)17(21)19-18-16-10-4-6-12-5-1-2-9-15(12)16/h1-3,5,7-9,11,20H,4,6,10H2,(H,19,21)/b18-16-. The van der Waals surface area contributed by atoms with E-state index in [4.69, 9.17) is 0 Å². The van der Waals surface area contributed by atoms with E-state index in [0.29, 0.717) is 5.56 Å². The van der Waals surface area contributed by atoms with Gasteiger partial charge in [0, 0.05) is 11.1 Å². The summed E-state index contributed by atoms with van der Waals surface area (Å²) >= 11 is 0. The van der Waals surface area contributed by atoms with Crippen molar-refractivity contribution in [1.29, 1.82) is 0 Å². The third-order valence-corrected chi connectivity index (χ3v) is 3.59. The summed E-state index contributed by atoms with van der Waals surface area (Å²) < 4.78 is 0. The molecule has 21 heavy (non-hydrogen) atoms. The zero-order valence-corrected chi connectivity index (χ0v) is 11.5. The Balaban J connectivity index is 1.79. The van der Waals surface area contributed by atoms with Crippen LogP contribution >= 0.6 is 0 Å². The highest BCUT2D eigenvalue weighted by atomic mass is 16.3. The summed E-state index contributed by atoms with van der Waals surface area (Å²) in [5, 5.41) is 13.7. The first-order chi connectivity index (χ1) is 10.2. The molecule has 0 fully saturated rings. The normalized spacial score (nSPS) is 15.5. The fraction of sp³-hybridized carbons (Fsp3) is 0.176. The minimum Gasteiger partial charge on any atom is -0.508 e. The number of rotatable bonds is 2. The topological polar surface area (TPSA) is 61.7 Å². The summed E-state index contributed by atoms with van der Waals surface area (Å²) in [5.74, 6) is -0.250. The lowest BCUT2D eigenvalue weighted by atomic mass is 9.90. The van der Waals surface area contributed by atoms with Crippen LogP contribution in [-0.4, -0.2) is 16.7 Å². The van der Waals surface area contributed by atoms with Gasteiger partial charge in [-0.05, 0) is 43.0 Å². The number of fused-ring (bicyclic) bond motifs is 1. The van der Waals surface area contributed by atoms with Gasteiger partial charge in [0.25, 0.3) is 5.91 Å². The van der Waals surface area contributed by atoms with Crippen molar-refractivity contribution in [3.63, 3.8) is 0 Å². The lowest BCUT2D eigenvalue weighted by Crippen LogP contribution is -2.22. The van der Waals surface area contributed by atoms with Gasteiger partial charge in [0.2, 0.25) is 0 Å². The number of phenols is 1. The molecule has 0 unspecified atom stereocenters. The van der Waals surface area contributed by atoms with Gasteiger partial charge in [-0.2, -0.15) is 5.10 Å². The van der Waals surface area contributed by atoms with Gasteiger partial charge >= 0.3 is 0 Å². The van der Waals surface area contributed by atoms with Gasteiger partial charge in [0.15, 0.2) is 0 Å². The molecule has 2 aromatic carbocycles.